The van der Waals surface area contributed by atoms with Crippen LogP contribution in [0, 0.1) is 11.3 Å². The number of hydrogen-bond acceptors (Lipinski definition) is 3. The second kappa shape index (κ2) is 5.61. The maximum absolute atomic E-state index is 11.0. The zero-order valence-electron chi connectivity index (χ0n) is 10.2. The number of aldehydes is 1. The van der Waals surface area contributed by atoms with E-state index >= 15 is 0 Å². The van der Waals surface area contributed by atoms with Gasteiger partial charge in [0.2, 0.25) is 0 Å². The van der Waals surface area contributed by atoms with Crippen molar-refractivity contribution in [3.8, 4) is 0 Å². The molecule has 1 fully saturated rings. The molecule has 3 heteroatoms. The fraction of sp³-hybridized carbons (Fsp3) is 0.917. The van der Waals surface area contributed by atoms with Crippen LogP contribution in [0.3, 0.4) is 0 Å². The largest absolute Gasteiger partial charge is 0.384 e. The third kappa shape index (κ3) is 3.58. The molecule has 0 N–H and O–H groups in total. The average molecular weight is 213 g/mol. The molecule has 0 aromatic carbocycles. The van der Waals surface area contributed by atoms with E-state index in [0.717, 1.165) is 38.9 Å². The number of rotatable bonds is 6. The highest BCUT2D eigenvalue weighted by molar-refractivity contribution is 5.58. The summed E-state index contributed by atoms with van der Waals surface area (Å²) in [6.45, 7) is 8.06. The van der Waals surface area contributed by atoms with Crippen LogP contribution in [-0.4, -0.2) is 44.5 Å². The van der Waals surface area contributed by atoms with Crippen molar-refractivity contribution < 1.29 is 9.53 Å². The first-order valence-electron chi connectivity index (χ1n) is 5.81. The summed E-state index contributed by atoms with van der Waals surface area (Å²) in [5.74, 6) is 0.655. The molecule has 1 saturated heterocycles. The van der Waals surface area contributed by atoms with Gasteiger partial charge in [0.25, 0.3) is 0 Å². The van der Waals surface area contributed by atoms with Gasteiger partial charge < -0.3 is 14.4 Å². The van der Waals surface area contributed by atoms with Crippen LogP contribution in [0.5, 0.6) is 0 Å². The van der Waals surface area contributed by atoms with E-state index in [9.17, 15) is 4.79 Å². The van der Waals surface area contributed by atoms with Gasteiger partial charge in [-0.2, -0.15) is 0 Å². The monoisotopic (exact) mass is 213 g/mol. The number of hydrogen-bond donors (Lipinski definition) is 0. The van der Waals surface area contributed by atoms with Crippen molar-refractivity contribution in [2.75, 3.05) is 33.4 Å². The van der Waals surface area contributed by atoms with Gasteiger partial charge >= 0.3 is 0 Å². The van der Waals surface area contributed by atoms with Gasteiger partial charge in [-0.1, -0.05) is 13.8 Å². The first kappa shape index (κ1) is 12.7. The second-order valence-corrected chi connectivity index (χ2v) is 4.97. The topological polar surface area (TPSA) is 29.5 Å². The number of carbonyl (C=O) groups is 1. The van der Waals surface area contributed by atoms with Crippen molar-refractivity contribution >= 4 is 6.29 Å². The van der Waals surface area contributed by atoms with Crippen LogP contribution in [0.2, 0.25) is 0 Å². The zero-order valence-corrected chi connectivity index (χ0v) is 10.2. The van der Waals surface area contributed by atoms with Gasteiger partial charge in [-0.3, -0.25) is 0 Å². The molecule has 2 atom stereocenters. The first-order valence-corrected chi connectivity index (χ1v) is 5.81. The van der Waals surface area contributed by atoms with Gasteiger partial charge in [-0.25, -0.2) is 0 Å². The van der Waals surface area contributed by atoms with E-state index < -0.39 is 0 Å². The number of likely N-dealkylation sites (tertiary alicyclic amines) is 1. The molecule has 2 unspecified atom stereocenters. The smallest absolute Gasteiger partial charge is 0.127 e. The highest BCUT2D eigenvalue weighted by Gasteiger charge is 2.29. The molecule has 0 saturated carbocycles. The van der Waals surface area contributed by atoms with Crippen molar-refractivity contribution in [2.24, 2.45) is 11.3 Å². The maximum atomic E-state index is 11.0. The minimum Gasteiger partial charge on any atom is -0.384 e. The molecule has 88 valence electrons. The Bertz CT molecular complexity index is 208. The van der Waals surface area contributed by atoms with E-state index in [4.69, 9.17) is 4.74 Å². The highest BCUT2D eigenvalue weighted by Crippen LogP contribution is 2.24. The molecule has 1 rings (SSSR count). The Morgan fingerprint density at radius 3 is 2.87 bits per heavy atom. The van der Waals surface area contributed by atoms with E-state index in [1.165, 1.54) is 6.42 Å². The number of methoxy groups -OCH3 is 1. The fourth-order valence-electron chi connectivity index (χ4n) is 2.17. The molecular weight excluding hydrogens is 190 g/mol. The summed E-state index contributed by atoms with van der Waals surface area (Å²) in [6, 6.07) is 0. The third-order valence-electron chi connectivity index (χ3n) is 3.45. The van der Waals surface area contributed by atoms with Crippen LogP contribution in [0.25, 0.3) is 0 Å². The van der Waals surface area contributed by atoms with Crippen LogP contribution in [0.4, 0.5) is 0 Å². The predicted octanol–water partition coefficient (Wildman–Crippen LogP) is 1.57. The SMILES string of the molecule is CCC(C)(C=O)CN1CCC(COC)C1. The fourth-order valence-corrected chi connectivity index (χ4v) is 2.17. The summed E-state index contributed by atoms with van der Waals surface area (Å²) in [6.07, 6.45) is 3.23. The summed E-state index contributed by atoms with van der Waals surface area (Å²) in [5, 5.41) is 0. The summed E-state index contributed by atoms with van der Waals surface area (Å²) >= 11 is 0. The Hall–Kier alpha value is -0.410. The summed E-state index contributed by atoms with van der Waals surface area (Å²) in [4.78, 5) is 13.4. The van der Waals surface area contributed by atoms with Crippen molar-refractivity contribution in [1.29, 1.82) is 0 Å². The highest BCUT2D eigenvalue weighted by atomic mass is 16.5. The minimum atomic E-state index is -0.165. The first-order chi connectivity index (χ1) is 7.13. The van der Waals surface area contributed by atoms with E-state index in [-0.39, 0.29) is 5.41 Å². The van der Waals surface area contributed by atoms with Gasteiger partial charge in [0, 0.05) is 25.6 Å². The van der Waals surface area contributed by atoms with Gasteiger partial charge in [0.1, 0.15) is 6.29 Å². The molecular formula is C12H23NO2. The van der Waals surface area contributed by atoms with Crippen molar-refractivity contribution in [3.63, 3.8) is 0 Å². The van der Waals surface area contributed by atoms with Gasteiger partial charge in [-0.05, 0) is 25.3 Å². The van der Waals surface area contributed by atoms with E-state index in [2.05, 4.69) is 11.8 Å². The van der Waals surface area contributed by atoms with E-state index in [0.29, 0.717) is 5.92 Å². The lowest BCUT2D eigenvalue weighted by Gasteiger charge is -2.27. The second-order valence-electron chi connectivity index (χ2n) is 4.97. The van der Waals surface area contributed by atoms with Crippen LogP contribution < -0.4 is 0 Å². The molecule has 1 heterocycles. The maximum Gasteiger partial charge on any atom is 0.127 e. The zero-order chi connectivity index (χ0) is 11.3. The van der Waals surface area contributed by atoms with Gasteiger partial charge in [-0.15, -0.1) is 0 Å². The normalized spacial score (nSPS) is 26.5. The van der Waals surface area contributed by atoms with Crippen LogP contribution in [0.15, 0.2) is 0 Å². The summed E-state index contributed by atoms with van der Waals surface area (Å²) < 4.78 is 5.16. The number of carbonyl (C=O) groups excluding carboxylic acids is 1. The number of ether oxygens (including phenoxy) is 1. The van der Waals surface area contributed by atoms with Crippen LogP contribution in [-0.2, 0) is 9.53 Å². The number of nitrogens with zero attached hydrogens (tertiary/aromatic N) is 1. The third-order valence-corrected chi connectivity index (χ3v) is 3.45. The minimum absolute atomic E-state index is 0.165. The molecule has 15 heavy (non-hydrogen) atoms. The molecule has 0 aromatic heterocycles. The average Bonchev–Trinajstić information content (AvgIpc) is 2.66. The predicted molar refractivity (Wildman–Crippen MR) is 60.9 cm³/mol. The lowest BCUT2D eigenvalue weighted by atomic mass is 9.89. The van der Waals surface area contributed by atoms with Gasteiger partial charge in [0.05, 0.1) is 6.61 Å². The Labute approximate surface area is 92.8 Å². The Morgan fingerprint density at radius 1 is 1.60 bits per heavy atom. The van der Waals surface area contributed by atoms with Crippen molar-refractivity contribution in [2.45, 2.75) is 26.7 Å². The van der Waals surface area contributed by atoms with Crippen LogP contribution in [0.1, 0.15) is 26.7 Å². The Morgan fingerprint density at radius 2 is 2.33 bits per heavy atom. The Kier molecular flexibility index (Phi) is 4.74. The van der Waals surface area contributed by atoms with Crippen LogP contribution >= 0.6 is 0 Å². The molecule has 3 nitrogen and oxygen atoms in total. The summed E-state index contributed by atoms with van der Waals surface area (Å²) in [7, 11) is 1.75. The lowest BCUT2D eigenvalue weighted by molar-refractivity contribution is -0.116. The van der Waals surface area contributed by atoms with Crippen molar-refractivity contribution in [1.82, 2.24) is 4.90 Å². The molecule has 0 aromatic rings. The summed E-state index contributed by atoms with van der Waals surface area (Å²) in [5.41, 5.74) is -0.165. The molecule has 1 aliphatic heterocycles. The standard InChI is InChI=1S/C12H23NO2/c1-4-12(2,10-14)9-13-6-5-11(7-13)8-15-3/h10-11H,4-9H2,1-3H3. The molecule has 0 amide bonds. The van der Waals surface area contributed by atoms with Gasteiger partial charge in [0.15, 0.2) is 0 Å². The molecule has 0 spiro atoms. The van der Waals surface area contributed by atoms with E-state index in [1.807, 2.05) is 6.92 Å². The lowest BCUT2D eigenvalue weighted by Crippen LogP contribution is -2.35. The Balaban J connectivity index is 2.37. The molecule has 0 radical (unpaired) electrons. The van der Waals surface area contributed by atoms with Crippen molar-refractivity contribution in [3.05, 3.63) is 0 Å². The molecule has 1 aliphatic rings. The molecule has 0 bridgehead atoms. The van der Waals surface area contributed by atoms with E-state index in [1.54, 1.807) is 7.11 Å². The molecule has 0 aliphatic carbocycles. The quantitative estimate of drug-likeness (QED) is 0.627.